The second-order valence-electron chi connectivity index (χ2n) is 1.93. The van der Waals surface area contributed by atoms with Gasteiger partial charge in [0.25, 0.3) is 0 Å². The van der Waals surface area contributed by atoms with Crippen molar-refractivity contribution in [2.45, 2.75) is 12.7 Å². The van der Waals surface area contributed by atoms with Gasteiger partial charge in [-0.2, -0.15) is 18.3 Å². The van der Waals surface area contributed by atoms with Crippen LogP contribution in [0.1, 0.15) is 0 Å². The van der Waals surface area contributed by atoms with E-state index in [0.717, 1.165) is 0 Å². The van der Waals surface area contributed by atoms with Gasteiger partial charge in [-0.1, -0.05) is 11.6 Å². The Morgan fingerprint density at radius 3 is 2.55 bits per heavy atom. The van der Waals surface area contributed by atoms with Crippen molar-refractivity contribution in [3.05, 3.63) is 17.4 Å². The molecule has 0 fully saturated rings. The molecule has 0 aromatic carbocycles. The van der Waals surface area contributed by atoms with Crippen molar-refractivity contribution >= 4 is 11.6 Å². The smallest absolute Gasteiger partial charge is 0.245 e. The molecule has 11 heavy (non-hydrogen) atoms. The number of nitrogens with zero attached hydrogens (tertiary/aromatic N) is 2. The molecular weight excluding hydrogens is 181 g/mol. The SMILES string of the molecule is FC(F)(F)Cn1nccc1Cl. The zero-order chi connectivity index (χ0) is 8.48. The van der Waals surface area contributed by atoms with E-state index in [9.17, 15) is 13.2 Å². The fourth-order valence-corrected chi connectivity index (χ4v) is 0.762. The summed E-state index contributed by atoms with van der Waals surface area (Å²) in [6.45, 7) is -1.14. The zero-order valence-corrected chi connectivity index (χ0v) is 6.02. The number of rotatable bonds is 1. The molecule has 0 spiro atoms. The molecule has 0 aliphatic rings. The molecule has 0 N–H and O–H groups in total. The summed E-state index contributed by atoms with van der Waals surface area (Å²) in [5.41, 5.74) is 0. The summed E-state index contributed by atoms with van der Waals surface area (Å²) < 4.78 is 35.7. The van der Waals surface area contributed by atoms with Crippen molar-refractivity contribution in [2.75, 3.05) is 0 Å². The molecule has 0 saturated heterocycles. The Bertz CT molecular complexity index is 242. The minimum absolute atomic E-state index is 0.0117. The van der Waals surface area contributed by atoms with Crippen LogP contribution in [0.2, 0.25) is 5.15 Å². The molecule has 1 aromatic heterocycles. The van der Waals surface area contributed by atoms with E-state index in [0.29, 0.717) is 4.68 Å². The zero-order valence-electron chi connectivity index (χ0n) is 5.27. The van der Waals surface area contributed by atoms with Crippen LogP contribution in [-0.4, -0.2) is 16.0 Å². The Balaban J connectivity index is 2.72. The third-order valence-corrected chi connectivity index (χ3v) is 1.31. The lowest BCUT2D eigenvalue weighted by Gasteiger charge is -2.06. The normalized spacial score (nSPS) is 12.0. The molecule has 1 rings (SSSR count). The fraction of sp³-hybridized carbons (Fsp3) is 0.400. The first kappa shape index (κ1) is 8.39. The number of aromatic nitrogens is 2. The van der Waals surface area contributed by atoms with E-state index in [4.69, 9.17) is 11.6 Å². The Hall–Kier alpha value is -0.710. The molecule has 1 heterocycles. The minimum atomic E-state index is -4.27. The van der Waals surface area contributed by atoms with Crippen molar-refractivity contribution in [3.63, 3.8) is 0 Å². The van der Waals surface area contributed by atoms with E-state index in [1.165, 1.54) is 12.3 Å². The first-order valence-electron chi connectivity index (χ1n) is 2.73. The summed E-state index contributed by atoms with van der Waals surface area (Å²) in [6.07, 6.45) is -3.05. The van der Waals surface area contributed by atoms with Crippen molar-refractivity contribution in [3.8, 4) is 0 Å². The third-order valence-electron chi connectivity index (χ3n) is 0.994. The van der Waals surface area contributed by atoms with Gasteiger partial charge in [-0.05, 0) is 6.07 Å². The van der Waals surface area contributed by atoms with Gasteiger partial charge in [0, 0.05) is 0 Å². The molecule has 2 nitrogen and oxygen atoms in total. The molecule has 0 radical (unpaired) electrons. The number of hydrogen-bond donors (Lipinski definition) is 0. The van der Waals surface area contributed by atoms with Gasteiger partial charge in [-0.25, -0.2) is 4.68 Å². The summed E-state index contributed by atoms with van der Waals surface area (Å²) >= 11 is 5.35. The predicted molar refractivity (Wildman–Crippen MR) is 33.3 cm³/mol. The van der Waals surface area contributed by atoms with Crippen LogP contribution in [0, 0.1) is 0 Å². The lowest BCUT2D eigenvalue weighted by molar-refractivity contribution is -0.142. The van der Waals surface area contributed by atoms with Gasteiger partial charge in [0.15, 0.2) is 0 Å². The molecule has 0 unspecified atom stereocenters. The summed E-state index contributed by atoms with van der Waals surface area (Å²) in [6, 6.07) is 1.30. The maximum absolute atomic E-state index is 11.7. The highest BCUT2D eigenvalue weighted by Crippen LogP contribution is 2.19. The molecule has 6 heteroatoms. The third kappa shape index (κ3) is 2.42. The standard InChI is InChI=1S/C5H4ClF3N2/c6-4-1-2-10-11(4)3-5(7,8)9/h1-2H,3H2. The second-order valence-corrected chi connectivity index (χ2v) is 2.31. The van der Waals surface area contributed by atoms with Gasteiger partial charge in [0.1, 0.15) is 11.7 Å². The summed E-state index contributed by atoms with van der Waals surface area (Å²) in [7, 11) is 0. The van der Waals surface area contributed by atoms with Gasteiger partial charge in [0.2, 0.25) is 0 Å². The van der Waals surface area contributed by atoms with Gasteiger partial charge in [-0.15, -0.1) is 0 Å². The predicted octanol–water partition coefficient (Wildman–Crippen LogP) is 2.10. The molecule has 0 atom stereocenters. The Labute approximate surface area is 65.6 Å². The molecule has 0 saturated carbocycles. The van der Waals surface area contributed by atoms with E-state index in [1.54, 1.807) is 0 Å². The molecule has 0 bridgehead atoms. The van der Waals surface area contributed by atoms with Crippen molar-refractivity contribution in [2.24, 2.45) is 0 Å². The Morgan fingerprint density at radius 2 is 2.18 bits per heavy atom. The molecule has 0 aliphatic heterocycles. The van der Waals surface area contributed by atoms with Crippen LogP contribution in [-0.2, 0) is 6.54 Å². The maximum Gasteiger partial charge on any atom is 0.408 e. The lowest BCUT2D eigenvalue weighted by Crippen LogP contribution is -2.18. The van der Waals surface area contributed by atoms with Gasteiger partial charge >= 0.3 is 6.18 Å². The average Bonchev–Trinajstić information content (AvgIpc) is 2.12. The molecular formula is C5H4ClF3N2. The number of alkyl halides is 3. The highest BCUT2D eigenvalue weighted by atomic mass is 35.5. The fourth-order valence-electron chi connectivity index (χ4n) is 0.603. The highest BCUT2D eigenvalue weighted by molar-refractivity contribution is 6.29. The molecule has 0 amide bonds. The van der Waals surface area contributed by atoms with Crippen LogP contribution >= 0.6 is 11.6 Å². The van der Waals surface area contributed by atoms with Crippen LogP contribution in [0.15, 0.2) is 12.3 Å². The van der Waals surface area contributed by atoms with Crippen LogP contribution in [0.4, 0.5) is 13.2 Å². The van der Waals surface area contributed by atoms with Gasteiger partial charge in [0.05, 0.1) is 6.20 Å². The highest BCUT2D eigenvalue weighted by Gasteiger charge is 2.28. The van der Waals surface area contributed by atoms with Crippen LogP contribution in [0.3, 0.4) is 0 Å². The molecule has 1 aromatic rings. The van der Waals surface area contributed by atoms with E-state index < -0.39 is 12.7 Å². The summed E-state index contributed by atoms with van der Waals surface area (Å²) in [5, 5.41) is 3.35. The second kappa shape index (κ2) is 2.73. The van der Waals surface area contributed by atoms with Crippen LogP contribution < -0.4 is 0 Å². The van der Waals surface area contributed by atoms with Crippen molar-refractivity contribution in [1.29, 1.82) is 0 Å². The van der Waals surface area contributed by atoms with Crippen LogP contribution in [0.5, 0.6) is 0 Å². The van der Waals surface area contributed by atoms with Crippen LogP contribution in [0.25, 0.3) is 0 Å². The maximum atomic E-state index is 11.7. The molecule has 0 aliphatic carbocycles. The van der Waals surface area contributed by atoms with Gasteiger partial charge in [-0.3, -0.25) is 0 Å². The van der Waals surface area contributed by atoms with Crippen molar-refractivity contribution < 1.29 is 13.2 Å². The van der Waals surface area contributed by atoms with E-state index in [2.05, 4.69) is 5.10 Å². The van der Waals surface area contributed by atoms with Gasteiger partial charge < -0.3 is 0 Å². The topological polar surface area (TPSA) is 17.8 Å². The lowest BCUT2D eigenvalue weighted by atomic mass is 10.6. The first-order chi connectivity index (χ1) is 4.99. The number of hydrogen-bond acceptors (Lipinski definition) is 1. The largest absolute Gasteiger partial charge is 0.408 e. The Morgan fingerprint density at radius 1 is 1.55 bits per heavy atom. The summed E-state index contributed by atoms with van der Waals surface area (Å²) in [5.74, 6) is 0. The Kier molecular flexibility index (Phi) is 2.08. The minimum Gasteiger partial charge on any atom is -0.245 e. The quantitative estimate of drug-likeness (QED) is 0.654. The van der Waals surface area contributed by atoms with E-state index in [1.807, 2.05) is 0 Å². The van der Waals surface area contributed by atoms with E-state index in [-0.39, 0.29) is 5.15 Å². The summed E-state index contributed by atoms with van der Waals surface area (Å²) in [4.78, 5) is 0. The molecule has 62 valence electrons. The van der Waals surface area contributed by atoms with E-state index >= 15 is 0 Å². The van der Waals surface area contributed by atoms with Crippen molar-refractivity contribution in [1.82, 2.24) is 9.78 Å². The number of halogens is 4. The first-order valence-corrected chi connectivity index (χ1v) is 3.11. The monoisotopic (exact) mass is 184 g/mol. The average molecular weight is 185 g/mol.